The van der Waals surface area contributed by atoms with E-state index < -0.39 is 11.8 Å². The number of aromatic carboxylic acids is 1. The fourth-order valence-electron chi connectivity index (χ4n) is 1.99. The lowest BCUT2D eigenvalue weighted by molar-refractivity contribution is -0.110. The molecule has 6 heteroatoms. The zero-order valence-electron chi connectivity index (χ0n) is 10.0. The molecule has 2 aromatic rings. The third-order valence-corrected chi connectivity index (χ3v) is 3.91. The van der Waals surface area contributed by atoms with Crippen molar-refractivity contribution in [3.63, 3.8) is 0 Å². The van der Waals surface area contributed by atoms with Crippen molar-refractivity contribution >= 4 is 40.5 Å². The molecule has 0 radical (unpaired) electrons. The molecular formula is C14H8FNO3S. The van der Waals surface area contributed by atoms with Gasteiger partial charge in [0.15, 0.2) is 0 Å². The van der Waals surface area contributed by atoms with Crippen LogP contribution < -0.4 is 5.32 Å². The Labute approximate surface area is 117 Å². The fourth-order valence-corrected chi connectivity index (χ4v) is 2.78. The van der Waals surface area contributed by atoms with E-state index in [0.717, 1.165) is 11.3 Å². The minimum absolute atomic E-state index is 0.190. The van der Waals surface area contributed by atoms with Crippen LogP contribution in [0.2, 0.25) is 0 Å². The number of carboxylic acids is 1. The summed E-state index contributed by atoms with van der Waals surface area (Å²) in [6.45, 7) is 0. The first-order valence-corrected chi connectivity index (χ1v) is 6.52. The molecule has 0 aliphatic carbocycles. The summed E-state index contributed by atoms with van der Waals surface area (Å²) in [5, 5.41) is 11.5. The van der Waals surface area contributed by atoms with Gasteiger partial charge in [-0.05, 0) is 36.4 Å². The molecule has 0 atom stereocenters. The molecule has 0 unspecified atom stereocenters. The summed E-state index contributed by atoms with van der Waals surface area (Å²) in [6, 6.07) is 7.14. The van der Waals surface area contributed by atoms with Gasteiger partial charge in [-0.2, -0.15) is 0 Å². The van der Waals surface area contributed by atoms with Crippen molar-refractivity contribution in [2.75, 3.05) is 5.32 Å². The molecule has 100 valence electrons. The number of carbonyl (C=O) groups excluding carboxylic acids is 1. The molecule has 1 aromatic carbocycles. The monoisotopic (exact) mass is 289 g/mol. The molecule has 2 N–H and O–H groups in total. The zero-order valence-corrected chi connectivity index (χ0v) is 10.8. The van der Waals surface area contributed by atoms with Crippen molar-refractivity contribution in [2.45, 2.75) is 0 Å². The van der Waals surface area contributed by atoms with Crippen molar-refractivity contribution in [2.24, 2.45) is 0 Å². The summed E-state index contributed by atoms with van der Waals surface area (Å²) >= 11 is 1.06. The summed E-state index contributed by atoms with van der Waals surface area (Å²) in [6.07, 6.45) is 1.57. The smallest absolute Gasteiger partial charge is 0.345 e. The lowest BCUT2D eigenvalue weighted by Crippen LogP contribution is -2.03. The van der Waals surface area contributed by atoms with E-state index >= 15 is 0 Å². The number of amides is 1. The van der Waals surface area contributed by atoms with E-state index in [1.54, 1.807) is 12.1 Å². The lowest BCUT2D eigenvalue weighted by atomic mass is 10.1. The summed E-state index contributed by atoms with van der Waals surface area (Å²) < 4.78 is 13.3. The number of halogens is 1. The van der Waals surface area contributed by atoms with E-state index in [4.69, 9.17) is 5.11 Å². The van der Waals surface area contributed by atoms with Gasteiger partial charge in [-0.25, -0.2) is 9.18 Å². The summed E-state index contributed by atoms with van der Waals surface area (Å²) in [5.41, 5.74) is 1.37. The Morgan fingerprint density at radius 1 is 1.30 bits per heavy atom. The van der Waals surface area contributed by atoms with Gasteiger partial charge < -0.3 is 10.4 Å². The number of thiophene rings is 1. The fraction of sp³-hybridized carbons (Fsp3) is 0. The van der Waals surface area contributed by atoms with E-state index in [-0.39, 0.29) is 10.8 Å². The Kier molecular flexibility index (Phi) is 2.87. The highest BCUT2D eigenvalue weighted by Gasteiger charge is 2.24. The summed E-state index contributed by atoms with van der Waals surface area (Å²) in [5.74, 6) is -1.76. The molecule has 1 amide bonds. The molecule has 0 saturated heterocycles. The number of hydrogen-bond donors (Lipinski definition) is 2. The van der Waals surface area contributed by atoms with Crippen LogP contribution >= 0.6 is 11.3 Å². The van der Waals surface area contributed by atoms with Gasteiger partial charge in [0.1, 0.15) is 10.7 Å². The Hall–Kier alpha value is -2.47. The standard InChI is InChI=1S/C14H8FNO3S/c15-7-1-3-11-9(5-7)10(13(17)16-11)6-8-2-4-12(20-8)14(18)19/h1-6H,(H,16,17)(H,18,19)/b10-6-. The number of benzene rings is 1. The predicted octanol–water partition coefficient (Wildman–Crippen LogP) is 3.08. The molecule has 0 spiro atoms. The summed E-state index contributed by atoms with van der Waals surface area (Å²) in [7, 11) is 0. The van der Waals surface area contributed by atoms with Gasteiger partial charge in [-0.15, -0.1) is 11.3 Å². The minimum Gasteiger partial charge on any atom is -0.477 e. The second kappa shape index (κ2) is 4.57. The molecule has 20 heavy (non-hydrogen) atoms. The number of anilines is 1. The number of fused-ring (bicyclic) bond motifs is 1. The van der Waals surface area contributed by atoms with Crippen LogP contribution in [0.4, 0.5) is 10.1 Å². The maximum Gasteiger partial charge on any atom is 0.345 e. The van der Waals surface area contributed by atoms with Crippen molar-refractivity contribution in [1.29, 1.82) is 0 Å². The topological polar surface area (TPSA) is 66.4 Å². The van der Waals surface area contributed by atoms with Crippen molar-refractivity contribution in [3.8, 4) is 0 Å². The zero-order chi connectivity index (χ0) is 14.3. The molecule has 2 heterocycles. The molecule has 1 aliphatic heterocycles. The van der Waals surface area contributed by atoms with Gasteiger partial charge in [-0.1, -0.05) is 0 Å². The van der Waals surface area contributed by atoms with Crippen LogP contribution in [0.25, 0.3) is 11.6 Å². The van der Waals surface area contributed by atoms with Crippen LogP contribution in [0, 0.1) is 5.82 Å². The Balaban J connectivity index is 2.05. The SMILES string of the molecule is O=C1Nc2ccc(F)cc2/C1=C/c1ccc(C(=O)O)s1. The van der Waals surface area contributed by atoms with Crippen molar-refractivity contribution in [1.82, 2.24) is 0 Å². The Morgan fingerprint density at radius 2 is 2.10 bits per heavy atom. The van der Waals surface area contributed by atoms with E-state index in [0.29, 0.717) is 21.7 Å². The molecule has 4 nitrogen and oxygen atoms in total. The second-order valence-electron chi connectivity index (χ2n) is 4.21. The number of carbonyl (C=O) groups is 2. The maximum absolute atomic E-state index is 13.3. The number of rotatable bonds is 2. The largest absolute Gasteiger partial charge is 0.477 e. The average molecular weight is 289 g/mol. The molecular weight excluding hydrogens is 281 g/mol. The molecule has 0 fully saturated rings. The molecule has 0 bridgehead atoms. The first kappa shape index (κ1) is 12.6. The minimum atomic E-state index is -1.01. The Morgan fingerprint density at radius 3 is 2.80 bits per heavy atom. The van der Waals surface area contributed by atoms with Gasteiger partial charge in [0.2, 0.25) is 0 Å². The molecule has 1 aliphatic rings. The predicted molar refractivity (Wildman–Crippen MR) is 74.2 cm³/mol. The van der Waals surface area contributed by atoms with Gasteiger partial charge >= 0.3 is 5.97 Å². The third-order valence-electron chi connectivity index (χ3n) is 2.89. The number of nitrogens with one attached hydrogen (secondary N) is 1. The van der Waals surface area contributed by atoms with Crippen LogP contribution in [0.3, 0.4) is 0 Å². The first-order valence-electron chi connectivity index (χ1n) is 5.71. The molecule has 0 saturated carbocycles. The third kappa shape index (κ3) is 2.10. The lowest BCUT2D eigenvalue weighted by Gasteiger charge is -1.97. The van der Waals surface area contributed by atoms with Gasteiger partial charge in [-0.3, -0.25) is 4.79 Å². The van der Waals surface area contributed by atoms with Crippen LogP contribution in [-0.4, -0.2) is 17.0 Å². The van der Waals surface area contributed by atoms with E-state index in [9.17, 15) is 14.0 Å². The normalized spacial score (nSPS) is 15.2. The van der Waals surface area contributed by atoms with E-state index in [2.05, 4.69) is 5.32 Å². The highest BCUT2D eigenvalue weighted by atomic mass is 32.1. The Bertz CT molecular complexity index is 764. The first-order chi connectivity index (χ1) is 9.54. The highest BCUT2D eigenvalue weighted by Crippen LogP contribution is 2.34. The maximum atomic E-state index is 13.3. The van der Waals surface area contributed by atoms with E-state index in [1.165, 1.54) is 24.3 Å². The van der Waals surface area contributed by atoms with Crippen LogP contribution in [0.5, 0.6) is 0 Å². The van der Waals surface area contributed by atoms with Gasteiger partial charge in [0.25, 0.3) is 5.91 Å². The number of carboxylic acid groups (broad SMARTS) is 1. The molecule has 1 aromatic heterocycles. The van der Waals surface area contributed by atoms with Crippen molar-refractivity contribution < 1.29 is 19.1 Å². The highest BCUT2D eigenvalue weighted by molar-refractivity contribution is 7.14. The average Bonchev–Trinajstić information content (AvgIpc) is 2.97. The van der Waals surface area contributed by atoms with Gasteiger partial charge in [0, 0.05) is 16.1 Å². The summed E-state index contributed by atoms with van der Waals surface area (Å²) in [4.78, 5) is 23.5. The van der Waals surface area contributed by atoms with Crippen LogP contribution in [0.1, 0.15) is 20.1 Å². The van der Waals surface area contributed by atoms with E-state index in [1.807, 2.05) is 0 Å². The van der Waals surface area contributed by atoms with Crippen LogP contribution in [0.15, 0.2) is 30.3 Å². The quantitative estimate of drug-likeness (QED) is 0.835. The van der Waals surface area contributed by atoms with Crippen molar-refractivity contribution in [3.05, 3.63) is 51.5 Å². The van der Waals surface area contributed by atoms with Crippen LogP contribution in [-0.2, 0) is 4.79 Å². The molecule has 3 rings (SSSR count). The number of hydrogen-bond acceptors (Lipinski definition) is 3. The second-order valence-corrected chi connectivity index (χ2v) is 5.32. The van der Waals surface area contributed by atoms with Gasteiger partial charge in [0.05, 0.1) is 5.57 Å².